The second-order valence-corrected chi connectivity index (χ2v) is 5.61. The van der Waals surface area contributed by atoms with Gasteiger partial charge in [0.1, 0.15) is 11.6 Å². The molecule has 24 heavy (non-hydrogen) atoms. The van der Waals surface area contributed by atoms with Crippen LogP contribution in [0.15, 0.2) is 36.4 Å². The number of hydrogen-bond donors (Lipinski definition) is 0. The zero-order valence-electron chi connectivity index (χ0n) is 12.8. The van der Waals surface area contributed by atoms with Gasteiger partial charge in [-0.25, -0.2) is 22.0 Å². The lowest BCUT2D eigenvalue weighted by molar-refractivity contribution is 0.453. The molecule has 0 N–H and O–H groups in total. The van der Waals surface area contributed by atoms with Crippen molar-refractivity contribution in [3.63, 3.8) is 0 Å². The van der Waals surface area contributed by atoms with Gasteiger partial charge >= 0.3 is 0 Å². The zero-order valence-corrected chi connectivity index (χ0v) is 12.8. The highest BCUT2D eigenvalue weighted by Gasteiger charge is 2.17. The molecular formula is C19H13F5. The van der Waals surface area contributed by atoms with Crippen LogP contribution in [0.25, 0.3) is 21.9 Å². The highest BCUT2D eigenvalue weighted by molar-refractivity contribution is 5.88. The van der Waals surface area contributed by atoms with E-state index in [0.717, 1.165) is 12.5 Å². The summed E-state index contributed by atoms with van der Waals surface area (Å²) in [5.74, 6) is -5.74. The summed E-state index contributed by atoms with van der Waals surface area (Å²) >= 11 is 0. The largest absolute Gasteiger partial charge is 0.206 e. The SMILES string of the molecule is CCCc1cc(F)c(-c2ccc3c(F)c(F)c(F)cc3c2)c(F)c1. The molecule has 0 aliphatic rings. The number of halogens is 5. The molecule has 3 aromatic rings. The molecule has 0 aliphatic heterocycles. The van der Waals surface area contributed by atoms with Gasteiger partial charge in [0.05, 0.1) is 5.56 Å². The topological polar surface area (TPSA) is 0 Å². The summed E-state index contributed by atoms with van der Waals surface area (Å²) in [7, 11) is 0. The molecule has 0 fully saturated rings. The van der Waals surface area contributed by atoms with E-state index in [1.165, 1.54) is 30.3 Å². The molecule has 3 rings (SSSR count). The maximum Gasteiger partial charge on any atom is 0.195 e. The van der Waals surface area contributed by atoms with Gasteiger partial charge < -0.3 is 0 Å². The zero-order chi connectivity index (χ0) is 17.4. The van der Waals surface area contributed by atoms with Crippen LogP contribution in [-0.4, -0.2) is 0 Å². The van der Waals surface area contributed by atoms with E-state index in [0.29, 0.717) is 12.0 Å². The molecule has 0 aromatic heterocycles. The molecule has 0 radical (unpaired) electrons. The molecule has 0 nitrogen and oxygen atoms in total. The van der Waals surface area contributed by atoms with Crippen molar-refractivity contribution in [2.45, 2.75) is 19.8 Å². The Kier molecular flexibility index (Phi) is 4.26. The minimum absolute atomic E-state index is 0.0281. The lowest BCUT2D eigenvalue weighted by atomic mass is 9.98. The van der Waals surface area contributed by atoms with Crippen LogP contribution in [0.1, 0.15) is 18.9 Å². The first-order chi connectivity index (χ1) is 11.4. The Bertz CT molecular complexity index is 908. The van der Waals surface area contributed by atoms with Crippen molar-refractivity contribution in [2.75, 3.05) is 0 Å². The Labute approximate surface area is 135 Å². The Morgan fingerprint density at radius 2 is 1.42 bits per heavy atom. The first-order valence-electron chi connectivity index (χ1n) is 7.48. The van der Waals surface area contributed by atoms with E-state index in [4.69, 9.17) is 0 Å². The molecule has 0 bridgehead atoms. The fourth-order valence-corrected chi connectivity index (χ4v) is 2.79. The maximum atomic E-state index is 14.3. The van der Waals surface area contributed by atoms with Crippen molar-refractivity contribution in [3.8, 4) is 11.1 Å². The highest BCUT2D eigenvalue weighted by Crippen LogP contribution is 2.32. The quantitative estimate of drug-likeness (QED) is 0.397. The standard InChI is InChI=1S/C19H13F5/c1-2-3-10-6-14(20)17(15(21)7-10)11-4-5-13-12(8-11)9-16(22)19(24)18(13)23/h4-9H,2-3H2,1H3. The van der Waals surface area contributed by atoms with E-state index in [2.05, 4.69) is 0 Å². The second kappa shape index (κ2) is 6.23. The van der Waals surface area contributed by atoms with Gasteiger partial charge in [0.2, 0.25) is 0 Å². The number of aryl methyl sites for hydroxylation is 1. The van der Waals surface area contributed by atoms with E-state index in [9.17, 15) is 22.0 Å². The van der Waals surface area contributed by atoms with Crippen LogP contribution in [0.4, 0.5) is 22.0 Å². The minimum atomic E-state index is -1.57. The first-order valence-corrected chi connectivity index (χ1v) is 7.48. The van der Waals surface area contributed by atoms with Gasteiger partial charge in [-0.3, -0.25) is 0 Å². The van der Waals surface area contributed by atoms with Gasteiger partial charge in [-0.2, -0.15) is 0 Å². The average molecular weight is 336 g/mol. The van der Waals surface area contributed by atoms with Gasteiger partial charge in [-0.15, -0.1) is 0 Å². The van der Waals surface area contributed by atoms with Crippen molar-refractivity contribution < 1.29 is 22.0 Å². The lowest BCUT2D eigenvalue weighted by Gasteiger charge is -2.10. The summed E-state index contributed by atoms with van der Waals surface area (Å²) in [5, 5.41) is -0.124. The third-order valence-corrected chi connectivity index (χ3v) is 3.90. The summed E-state index contributed by atoms with van der Waals surface area (Å²) < 4.78 is 69.0. The molecule has 5 heteroatoms. The predicted octanol–water partition coefficient (Wildman–Crippen LogP) is 6.15. The normalized spacial score (nSPS) is 11.2. The molecule has 0 spiro atoms. The Morgan fingerprint density at radius 3 is 2.04 bits per heavy atom. The monoisotopic (exact) mass is 336 g/mol. The summed E-state index contributed by atoms with van der Waals surface area (Å²) in [6, 6.07) is 7.00. The predicted molar refractivity (Wildman–Crippen MR) is 83.2 cm³/mol. The van der Waals surface area contributed by atoms with E-state index in [1.807, 2.05) is 6.92 Å². The van der Waals surface area contributed by atoms with Crippen LogP contribution >= 0.6 is 0 Å². The fraction of sp³-hybridized carbons (Fsp3) is 0.158. The number of rotatable bonds is 3. The van der Waals surface area contributed by atoms with Crippen molar-refractivity contribution in [1.29, 1.82) is 0 Å². The Balaban J connectivity index is 2.19. The van der Waals surface area contributed by atoms with Crippen LogP contribution in [-0.2, 0) is 6.42 Å². The van der Waals surface area contributed by atoms with Crippen LogP contribution in [0.2, 0.25) is 0 Å². The third kappa shape index (κ3) is 2.75. The summed E-state index contributed by atoms with van der Waals surface area (Å²) in [6.07, 6.45) is 1.29. The van der Waals surface area contributed by atoms with Crippen molar-refractivity contribution >= 4 is 10.8 Å². The number of hydrogen-bond acceptors (Lipinski definition) is 0. The summed E-state index contributed by atoms with van der Waals surface area (Å²) in [5.41, 5.74) is 0.393. The van der Waals surface area contributed by atoms with E-state index in [1.54, 1.807) is 0 Å². The smallest absolute Gasteiger partial charge is 0.195 e. The number of fused-ring (bicyclic) bond motifs is 1. The fourth-order valence-electron chi connectivity index (χ4n) is 2.79. The first kappa shape index (κ1) is 16.4. The van der Waals surface area contributed by atoms with Crippen LogP contribution in [0, 0.1) is 29.1 Å². The van der Waals surface area contributed by atoms with Crippen molar-refractivity contribution in [1.82, 2.24) is 0 Å². The Morgan fingerprint density at radius 1 is 0.750 bits per heavy atom. The van der Waals surface area contributed by atoms with Gasteiger partial charge in [0, 0.05) is 5.39 Å². The second-order valence-electron chi connectivity index (χ2n) is 5.61. The molecule has 0 atom stereocenters. The van der Waals surface area contributed by atoms with E-state index >= 15 is 0 Å². The van der Waals surface area contributed by atoms with Crippen LogP contribution in [0.5, 0.6) is 0 Å². The van der Waals surface area contributed by atoms with Crippen molar-refractivity contribution in [2.24, 2.45) is 0 Å². The molecule has 0 unspecified atom stereocenters. The lowest BCUT2D eigenvalue weighted by Crippen LogP contribution is -1.96. The molecule has 0 aliphatic carbocycles. The molecule has 3 aromatic carbocycles. The molecule has 0 heterocycles. The maximum absolute atomic E-state index is 14.3. The highest BCUT2D eigenvalue weighted by atomic mass is 19.2. The molecule has 0 saturated heterocycles. The summed E-state index contributed by atoms with van der Waals surface area (Å²) in [4.78, 5) is 0. The van der Waals surface area contributed by atoms with Gasteiger partial charge in [-0.05, 0) is 47.2 Å². The molecule has 0 amide bonds. The minimum Gasteiger partial charge on any atom is -0.206 e. The molecule has 0 saturated carbocycles. The van der Waals surface area contributed by atoms with Gasteiger partial charge in [-0.1, -0.05) is 25.5 Å². The molecule has 124 valence electrons. The summed E-state index contributed by atoms with van der Waals surface area (Å²) in [6.45, 7) is 1.90. The van der Waals surface area contributed by atoms with Gasteiger partial charge in [0.25, 0.3) is 0 Å². The van der Waals surface area contributed by atoms with Crippen LogP contribution in [0.3, 0.4) is 0 Å². The van der Waals surface area contributed by atoms with E-state index < -0.39 is 29.1 Å². The number of benzene rings is 3. The molecular weight excluding hydrogens is 323 g/mol. The van der Waals surface area contributed by atoms with Gasteiger partial charge in [0.15, 0.2) is 17.5 Å². The Hall–Kier alpha value is -2.43. The average Bonchev–Trinajstić information content (AvgIpc) is 2.52. The third-order valence-electron chi connectivity index (χ3n) is 3.90. The van der Waals surface area contributed by atoms with Crippen molar-refractivity contribution in [3.05, 3.63) is 71.0 Å². The van der Waals surface area contributed by atoms with E-state index in [-0.39, 0.29) is 21.9 Å². The van der Waals surface area contributed by atoms with Crippen LogP contribution < -0.4 is 0 Å².